The van der Waals surface area contributed by atoms with Gasteiger partial charge in [-0.3, -0.25) is 4.79 Å². The highest BCUT2D eigenvalue weighted by Gasteiger charge is 2.13. The highest BCUT2D eigenvalue weighted by atomic mass is 79.9. The molecule has 0 fully saturated rings. The Labute approximate surface area is 192 Å². The van der Waals surface area contributed by atoms with E-state index in [9.17, 15) is 4.79 Å². The zero-order valence-corrected chi connectivity index (χ0v) is 19.4. The smallest absolute Gasteiger partial charge is 0.250 e. The Morgan fingerprint density at radius 2 is 1.87 bits per heavy atom. The first-order chi connectivity index (χ1) is 15.0. The number of hydrogen-bond donors (Lipinski definition) is 1. The van der Waals surface area contributed by atoms with Crippen LogP contribution in [0.2, 0.25) is 0 Å². The Morgan fingerprint density at radius 1 is 1.06 bits per heavy atom. The van der Waals surface area contributed by atoms with Gasteiger partial charge >= 0.3 is 0 Å². The second kappa shape index (κ2) is 9.45. The highest BCUT2D eigenvalue weighted by molar-refractivity contribution is 9.10. The molecule has 0 bridgehead atoms. The molecule has 0 spiro atoms. The number of halogens is 1. The van der Waals surface area contributed by atoms with Crippen LogP contribution >= 0.6 is 27.7 Å². The lowest BCUT2D eigenvalue weighted by atomic mass is 10.0. The van der Waals surface area contributed by atoms with Crippen molar-refractivity contribution in [3.63, 3.8) is 0 Å². The summed E-state index contributed by atoms with van der Waals surface area (Å²) < 4.78 is 2.85. The second-order valence-corrected chi connectivity index (χ2v) is 8.82. The van der Waals surface area contributed by atoms with E-state index in [2.05, 4.69) is 60.9 Å². The van der Waals surface area contributed by atoms with Gasteiger partial charge in [0.05, 0.1) is 11.5 Å². The minimum Gasteiger partial charge on any atom is -0.305 e. The molecule has 0 saturated carbocycles. The van der Waals surface area contributed by atoms with Crippen molar-refractivity contribution in [1.82, 2.24) is 20.2 Å². The van der Waals surface area contributed by atoms with Crippen LogP contribution in [0.1, 0.15) is 12.5 Å². The molecule has 0 aliphatic carbocycles. The molecule has 1 N–H and O–H groups in total. The predicted octanol–water partition coefficient (Wildman–Crippen LogP) is 5.03. The molecule has 4 aromatic rings. The molecular weight excluding hydrogens is 474 g/mol. The van der Waals surface area contributed by atoms with Gasteiger partial charge in [-0.05, 0) is 41.5 Å². The van der Waals surface area contributed by atoms with E-state index in [0.29, 0.717) is 5.16 Å². The third-order valence-corrected chi connectivity index (χ3v) is 6.28. The van der Waals surface area contributed by atoms with Gasteiger partial charge < -0.3 is 4.57 Å². The summed E-state index contributed by atoms with van der Waals surface area (Å²) in [6, 6.07) is 22.1. The zero-order valence-electron chi connectivity index (χ0n) is 17.0. The van der Waals surface area contributed by atoms with Crippen molar-refractivity contribution < 1.29 is 4.79 Å². The fourth-order valence-electron chi connectivity index (χ4n) is 3.11. The summed E-state index contributed by atoms with van der Waals surface area (Å²) >= 11 is 4.79. The number of nitrogens with zero attached hydrogens (tertiary/aromatic N) is 4. The number of benzene rings is 3. The number of aromatic nitrogens is 3. The van der Waals surface area contributed by atoms with Gasteiger partial charge in [-0.1, -0.05) is 76.2 Å². The maximum atomic E-state index is 12.3. The quantitative estimate of drug-likeness (QED) is 0.232. The Balaban J connectivity index is 1.38. The summed E-state index contributed by atoms with van der Waals surface area (Å²) in [6.07, 6.45) is 0. The molecule has 0 unspecified atom stereocenters. The number of thioether (sulfide) groups is 1. The van der Waals surface area contributed by atoms with Crippen molar-refractivity contribution in [2.75, 3.05) is 5.75 Å². The summed E-state index contributed by atoms with van der Waals surface area (Å²) in [7, 11) is 1.89. The topological polar surface area (TPSA) is 72.2 Å². The van der Waals surface area contributed by atoms with Crippen LogP contribution < -0.4 is 5.43 Å². The largest absolute Gasteiger partial charge is 0.305 e. The summed E-state index contributed by atoms with van der Waals surface area (Å²) in [6.45, 7) is 1.88. The Morgan fingerprint density at radius 3 is 2.68 bits per heavy atom. The van der Waals surface area contributed by atoms with Gasteiger partial charge in [0.1, 0.15) is 0 Å². The predicted molar refractivity (Wildman–Crippen MR) is 129 cm³/mol. The molecule has 3 aromatic carbocycles. The van der Waals surface area contributed by atoms with E-state index >= 15 is 0 Å². The number of fused-ring (bicyclic) bond motifs is 1. The fourth-order valence-corrected chi connectivity index (χ4v) is 4.21. The molecule has 1 aromatic heterocycles. The van der Waals surface area contributed by atoms with Crippen molar-refractivity contribution >= 4 is 50.1 Å². The lowest BCUT2D eigenvalue weighted by molar-refractivity contribution is -0.118. The van der Waals surface area contributed by atoms with E-state index in [1.807, 2.05) is 61.0 Å². The number of carbonyl (C=O) groups excluding carboxylic acids is 1. The van der Waals surface area contributed by atoms with E-state index in [4.69, 9.17) is 0 Å². The van der Waals surface area contributed by atoms with Crippen molar-refractivity contribution in [1.29, 1.82) is 0 Å². The van der Waals surface area contributed by atoms with Gasteiger partial charge in [0.15, 0.2) is 11.0 Å². The minimum atomic E-state index is -0.197. The van der Waals surface area contributed by atoms with Crippen LogP contribution in [-0.4, -0.2) is 32.1 Å². The van der Waals surface area contributed by atoms with Gasteiger partial charge in [0, 0.05) is 17.1 Å². The van der Waals surface area contributed by atoms with Crippen molar-refractivity contribution in [2.45, 2.75) is 12.1 Å². The Bertz CT molecular complexity index is 1280. The first kappa shape index (κ1) is 21.3. The fraction of sp³-hybridized carbons (Fsp3) is 0.130. The van der Waals surface area contributed by atoms with Crippen LogP contribution in [0.25, 0.3) is 22.2 Å². The number of carbonyl (C=O) groups is 1. The number of hydrazone groups is 1. The van der Waals surface area contributed by atoms with Crippen LogP contribution in [-0.2, 0) is 11.8 Å². The molecule has 1 heterocycles. The van der Waals surface area contributed by atoms with Gasteiger partial charge in [0.2, 0.25) is 0 Å². The second-order valence-electron chi connectivity index (χ2n) is 6.96. The van der Waals surface area contributed by atoms with E-state index < -0.39 is 0 Å². The van der Waals surface area contributed by atoms with Gasteiger partial charge in [-0.25, -0.2) is 5.43 Å². The summed E-state index contributed by atoms with van der Waals surface area (Å²) in [5.41, 5.74) is 5.30. The minimum absolute atomic E-state index is 0.193. The van der Waals surface area contributed by atoms with Crippen LogP contribution in [0.5, 0.6) is 0 Å². The number of amides is 1. The SMILES string of the molecule is CC(=NNC(=O)CSc1nnc(-c2cccc(Br)c2)n1C)c1ccc2ccccc2c1. The average molecular weight is 494 g/mol. The number of rotatable bonds is 6. The first-order valence-corrected chi connectivity index (χ1v) is 11.4. The molecule has 0 aliphatic rings. The molecular formula is C23H20BrN5OS. The Kier molecular flexibility index (Phi) is 6.48. The molecule has 31 heavy (non-hydrogen) atoms. The van der Waals surface area contributed by atoms with E-state index in [-0.39, 0.29) is 11.7 Å². The summed E-state index contributed by atoms with van der Waals surface area (Å²) in [4.78, 5) is 12.3. The van der Waals surface area contributed by atoms with Gasteiger partial charge in [-0.15, -0.1) is 10.2 Å². The molecule has 4 rings (SSSR count). The van der Waals surface area contributed by atoms with Gasteiger partial charge in [0.25, 0.3) is 5.91 Å². The molecule has 0 aliphatic heterocycles. The normalized spacial score (nSPS) is 11.6. The zero-order chi connectivity index (χ0) is 21.8. The van der Waals surface area contributed by atoms with Crippen LogP contribution in [0.15, 0.2) is 81.5 Å². The standard InChI is InChI=1S/C23H20BrN5OS/c1-15(17-11-10-16-6-3-4-7-18(16)12-17)25-26-21(30)14-31-23-28-27-22(29(23)2)19-8-5-9-20(24)13-19/h3-13H,14H2,1-2H3,(H,26,30). The van der Waals surface area contributed by atoms with Crippen molar-refractivity contribution in [3.05, 3.63) is 76.8 Å². The molecule has 156 valence electrons. The maximum Gasteiger partial charge on any atom is 0.250 e. The molecule has 6 nitrogen and oxygen atoms in total. The third-order valence-electron chi connectivity index (χ3n) is 4.77. The molecule has 1 amide bonds. The highest BCUT2D eigenvalue weighted by Crippen LogP contribution is 2.24. The van der Waals surface area contributed by atoms with E-state index in [1.165, 1.54) is 17.1 Å². The average Bonchev–Trinajstić information content (AvgIpc) is 3.16. The molecule has 8 heteroatoms. The molecule has 0 atom stereocenters. The molecule has 0 saturated heterocycles. The van der Waals surface area contributed by atoms with Crippen LogP contribution in [0.4, 0.5) is 0 Å². The van der Waals surface area contributed by atoms with Crippen LogP contribution in [0, 0.1) is 0 Å². The van der Waals surface area contributed by atoms with E-state index in [0.717, 1.165) is 32.5 Å². The number of hydrogen-bond acceptors (Lipinski definition) is 5. The van der Waals surface area contributed by atoms with Crippen molar-refractivity contribution in [2.24, 2.45) is 12.1 Å². The Hall–Kier alpha value is -2.97. The summed E-state index contributed by atoms with van der Waals surface area (Å²) in [5, 5.41) is 15.7. The van der Waals surface area contributed by atoms with Crippen LogP contribution in [0.3, 0.4) is 0 Å². The van der Waals surface area contributed by atoms with E-state index in [1.54, 1.807) is 0 Å². The summed E-state index contributed by atoms with van der Waals surface area (Å²) in [5.74, 6) is 0.741. The first-order valence-electron chi connectivity index (χ1n) is 9.62. The maximum absolute atomic E-state index is 12.3. The van der Waals surface area contributed by atoms with Crippen molar-refractivity contribution in [3.8, 4) is 11.4 Å². The monoisotopic (exact) mass is 493 g/mol. The lowest BCUT2D eigenvalue weighted by Crippen LogP contribution is -2.21. The lowest BCUT2D eigenvalue weighted by Gasteiger charge is -2.05. The van der Waals surface area contributed by atoms with Gasteiger partial charge in [-0.2, -0.15) is 5.10 Å². The number of nitrogens with one attached hydrogen (secondary N) is 1. The third kappa shape index (κ3) is 5.03. The molecule has 0 radical (unpaired) electrons.